The van der Waals surface area contributed by atoms with Gasteiger partial charge in [-0.25, -0.2) is 0 Å². The lowest BCUT2D eigenvalue weighted by Gasteiger charge is -2.23. The third kappa shape index (κ3) is 15.2. The first-order valence-corrected chi connectivity index (χ1v) is 8.65. The number of hydrogen-bond acceptors (Lipinski definition) is 8. The van der Waals surface area contributed by atoms with Crippen LogP contribution in [-0.4, -0.2) is 87.4 Å². The van der Waals surface area contributed by atoms with Crippen LogP contribution in [0.3, 0.4) is 0 Å². The van der Waals surface area contributed by atoms with Gasteiger partial charge in [0.25, 0.3) is 0 Å². The smallest absolute Gasteiger partial charge is 0.183 e. The molecule has 0 saturated heterocycles. The van der Waals surface area contributed by atoms with Crippen molar-refractivity contribution in [2.45, 2.75) is 45.2 Å². The number of aliphatic hydroxyl groups is 3. The van der Waals surface area contributed by atoms with E-state index in [-0.39, 0.29) is 19.8 Å². The molecule has 0 aliphatic carbocycles. The van der Waals surface area contributed by atoms with Crippen molar-refractivity contribution in [3.63, 3.8) is 0 Å². The average molecular weight is 354 g/mol. The normalized spacial score (nSPS) is 14.0. The van der Waals surface area contributed by atoms with Crippen LogP contribution >= 0.6 is 0 Å². The maximum absolute atomic E-state index is 9.18. The molecule has 0 bridgehead atoms. The van der Waals surface area contributed by atoms with Gasteiger partial charge in [0.1, 0.15) is 0 Å². The maximum Gasteiger partial charge on any atom is 0.183 e. The highest BCUT2D eigenvalue weighted by molar-refractivity contribution is 4.50. The van der Waals surface area contributed by atoms with E-state index in [1.54, 1.807) is 0 Å². The van der Waals surface area contributed by atoms with Crippen LogP contribution in [0.4, 0.5) is 0 Å². The Morgan fingerprint density at radius 2 is 1.42 bits per heavy atom. The van der Waals surface area contributed by atoms with Gasteiger partial charge in [0.05, 0.1) is 33.0 Å². The Hall–Kier alpha value is -0.320. The van der Waals surface area contributed by atoms with Gasteiger partial charge in [0.2, 0.25) is 0 Å². The Balaban J connectivity index is 3.70. The van der Waals surface area contributed by atoms with Crippen molar-refractivity contribution in [1.29, 1.82) is 0 Å². The van der Waals surface area contributed by atoms with Gasteiger partial charge in [-0.1, -0.05) is 0 Å². The van der Waals surface area contributed by atoms with Crippen LogP contribution in [0, 0.1) is 0 Å². The van der Waals surface area contributed by atoms with Gasteiger partial charge in [-0.2, -0.15) is 0 Å². The van der Waals surface area contributed by atoms with E-state index in [1.807, 2.05) is 6.92 Å². The van der Waals surface area contributed by atoms with E-state index in [2.05, 4.69) is 0 Å². The largest absolute Gasteiger partial charge is 0.396 e. The number of rotatable bonds is 19. The number of ether oxygens (including phenoxy) is 5. The number of hydrogen-bond donors (Lipinski definition) is 3. The fraction of sp³-hybridized carbons (Fsp3) is 1.00. The summed E-state index contributed by atoms with van der Waals surface area (Å²) >= 11 is 0. The number of unbranched alkanes of at least 4 members (excludes halogenated alkanes) is 1. The standard InChI is InChI=1S/C16H34O8/c1-2-22-16(14-19)24-15(6-5-7-17)23-10-4-3-9-20-12-13-21-11-8-18/h15-19H,2-14H2,1H3. The Labute approximate surface area is 144 Å². The molecule has 0 radical (unpaired) electrons. The fourth-order valence-corrected chi connectivity index (χ4v) is 1.85. The fourth-order valence-electron chi connectivity index (χ4n) is 1.85. The lowest BCUT2D eigenvalue weighted by atomic mass is 10.3. The zero-order chi connectivity index (χ0) is 17.9. The molecule has 0 spiro atoms. The summed E-state index contributed by atoms with van der Waals surface area (Å²) in [6.07, 6.45) is 1.55. The molecule has 0 aromatic rings. The predicted octanol–water partition coefficient (Wildman–Crippen LogP) is 0.279. The molecule has 0 fully saturated rings. The minimum absolute atomic E-state index is 0.0251. The van der Waals surface area contributed by atoms with Crippen molar-refractivity contribution < 1.29 is 39.0 Å². The summed E-state index contributed by atoms with van der Waals surface area (Å²) in [7, 11) is 0. The average Bonchev–Trinajstić information content (AvgIpc) is 2.60. The lowest BCUT2D eigenvalue weighted by Crippen LogP contribution is -2.30. The predicted molar refractivity (Wildman–Crippen MR) is 87.6 cm³/mol. The van der Waals surface area contributed by atoms with Crippen molar-refractivity contribution in [3.05, 3.63) is 0 Å². The second-order valence-electron chi connectivity index (χ2n) is 5.03. The second kappa shape index (κ2) is 19.0. The van der Waals surface area contributed by atoms with E-state index in [0.717, 1.165) is 12.8 Å². The first-order chi connectivity index (χ1) is 11.8. The summed E-state index contributed by atoms with van der Waals surface area (Å²) in [4.78, 5) is 0. The van der Waals surface area contributed by atoms with Gasteiger partial charge in [-0.05, 0) is 26.2 Å². The summed E-state index contributed by atoms with van der Waals surface area (Å²) in [5.41, 5.74) is 0. The van der Waals surface area contributed by atoms with Gasteiger partial charge >= 0.3 is 0 Å². The minimum Gasteiger partial charge on any atom is -0.396 e. The van der Waals surface area contributed by atoms with Crippen molar-refractivity contribution in [2.75, 3.05) is 59.5 Å². The van der Waals surface area contributed by atoms with Crippen LogP contribution in [-0.2, 0) is 23.7 Å². The zero-order valence-electron chi connectivity index (χ0n) is 14.7. The van der Waals surface area contributed by atoms with Gasteiger partial charge in [0.15, 0.2) is 12.6 Å². The molecule has 0 rings (SSSR count). The Bertz CT molecular complexity index is 242. The molecule has 0 aromatic heterocycles. The van der Waals surface area contributed by atoms with E-state index in [9.17, 15) is 5.11 Å². The monoisotopic (exact) mass is 354 g/mol. The van der Waals surface area contributed by atoms with Gasteiger partial charge in [-0.15, -0.1) is 0 Å². The van der Waals surface area contributed by atoms with Crippen molar-refractivity contribution in [3.8, 4) is 0 Å². The molecule has 146 valence electrons. The van der Waals surface area contributed by atoms with E-state index in [1.165, 1.54) is 0 Å². The van der Waals surface area contributed by atoms with Crippen LogP contribution in [0.2, 0.25) is 0 Å². The lowest BCUT2D eigenvalue weighted by molar-refractivity contribution is -0.256. The summed E-state index contributed by atoms with van der Waals surface area (Å²) in [5, 5.41) is 26.6. The highest BCUT2D eigenvalue weighted by Crippen LogP contribution is 2.10. The highest BCUT2D eigenvalue weighted by Gasteiger charge is 2.16. The van der Waals surface area contributed by atoms with Crippen molar-refractivity contribution in [1.82, 2.24) is 0 Å². The van der Waals surface area contributed by atoms with Gasteiger partial charge in [0, 0.05) is 32.8 Å². The zero-order valence-corrected chi connectivity index (χ0v) is 14.7. The van der Waals surface area contributed by atoms with E-state index in [4.69, 9.17) is 33.9 Å². The summed E-state index contributed by atoms with van der Waals surface area (Å²) in [6.45, 7) is 4.57. The molecule has 0 aliphatic heterocycles. The Morgan fingerprint density at radius 1 is 0.708 bits per heavy atom. The first kappa shape index (κ1) is 23.7. The van der Waals surface area contributed by atoms with Crippen LogP contribution < -0.4 is 0 Å². The molecular weight excluding hydrogens is 320 g/mol. The molecule has 8 heteroatoms. The summed E-state index contributed by atoms with van der Waals surface area (Å²) in [6, 6.07) is 0. The molecule has 24 heavy (non-hydrogen) atoms. The molecule has 2 unspecified atom stereocenters. The van der Waals surface area contributed by atoms with Gasteiger partial charge < -0.3 is 39.0 Å². The molecule has 3 N–H and O–H groups in total. The maximum atomic E-state index is 9.18. The highest BCUT2D eigenvalue weighted by atomic mass is 16.8. The molecule has 0 aliphatic rings. The third-order valence-electron chi connectivity index (χ3n) is 3.00. The van der Waals surface area contributed by atoms with Crippen LogP contribution in [0.5, 0.6) is 0 Å². The quantitative estimate of drug-likeness (QED) is 0.224. The summed E-state index contributed by atoms with van der Waals surface area (Å²) < 4.78 is 26.9. The minimum atomic E-state index is -0.707. The Kier molecular flexibility index (Phi) is 18.8. The summed E-state index contributed by atoms with van der Waals surface area (Å²) in [5.74, 6) is 0. The molecule has 0 heterocycles. The molecular formula is C16H34O8. The van der Waals surface area contributed by atoms with E-state index < -0.39 is 12.6 Å². The first-order valence-electron chi connectivity index (χ1n) is 8.65. The van der Waals surface area contributed by atoms with Crippen molar-refractivity contribution in [2.24, 2.45) is 0 Å². The topological polar surface area (TPSA) is 107 Å². The molecule has 0 saturated carbocycles. The molecule has 2 atom stereocenters. The van der Waals surface area contributed by atoms with E-state index in [0.29, 0.717) is 52.5 Å². The third-order valence-corrected chi connectivity index (χ3v) is 3.00. The Morgan fingerprint density at radius 3 is 2.04 bits per heavy atom. The molecule has 0 aromatic carbocycles. The van der Waals surface area contributed by atoms with Crippen molar-refractivity contribution >= 4 is 0 Å². The van der Waals surface area contributed by atoms with Crippen LogP contribution in [0.15, 0.2) is 0 Å². The SMILES string of the molecule is CCOC(CO)OC(CCCO)OCCCCOCCOCCO. The van der Waals surface area contributed by atoms with E-state index >= 15 is 0 Å². The molecule has 0 amide bonds. The second-order valence-corrected chi connectivity index (χ2v) is 5.03. The van der Waals surface area contributed by atoms with Gasteiger partial charge in [-0.3, -0.25) is 0 Å². The molecule has 8 nitrogen and oxygen atoms in total. The van der Waals surface area contributed by atoms with Crippen LogP contribution in [0.1, 0.15) is 32.6 Å². The number of aliphatic hydroxyl groups excluding tert-OH is 3. The van der Waals surface area contributed by atoms with Crippen LogP contribution in [0.25, 0.3) is 0 Å².